The number of hydrogen-bond donors (Lipinski definition) is 1. The molecule has 3 aromatic rings. The number of hydrogen-bond acceptors (Lipinski definition) is 5. The van der Waals surface area contributed by atoms with E-state index in [1.54, 1.807) is 0 Å². The van der Waals surface area contributed by atoms with E-state index in [1.807, 2.05) is 65.2 Å². The van der Waals surface area contributed by atoms with Crippen LogP contribution in [0.2, 0.25) is 0 Å². The molecule has 1 N–H and O–H groups in total. The van der Waals surface area contributed by atoms with Gasteiger partial charge in [0.2, 0.25) is 5.91 Å². The van der Waals surface area contributed by atoms with Crippen LogP contribution < -0.4 is 5.32 Å². The van der Waals surface area contributed by atoms with Gasteiger partial charge in [0.15, 0.2) is 11.0 Å². The van der Waals surface area contributed by atoms with Gasteiger partial charge in [-0.3, -0.25) is 9.36 Å². The van der Waals surface area contributed by atoms with Crippen molar-refractivity contribution in [3.63, 3.8) is 0 Å². The van der Waals surface area contributed by atoms with Gasteiger partial charge in [0.05, 0.1) is 5.75 Å². The summed E-state index contributed by atoms with van der Waals surface area (Å²) in [5.74, 6) is 1.12. The molecule has 1 amide bonds. The molecule has 1 fully saturated rings. The quantitative estimate of drug-likeness (QED) is 0.563. The van der Waals surface area contributed by atoms with Gasteiger partial charge in [-0.15, -0.1) is 10.2 Å². The zero-order valence-electron chi connectivity index (χ0n) is 17.0. The molecule has 1 aromatic heterocycles. The third-order valence-corrected chi connectivity index (χ3v) is 6.14. The molecule has 156 valence electrons. The standard InChI is InChI=1S/C23H27N5OS/c29-21(24-14-17-27-15-8-3-9-16-27)18-30-23-26-25-22(19-10-4-1-5-11-19)28(23)20-12-6-2-7-13-20/h1-2,4-7,10-13H,3,8-9,14-18H2,(H,24,29). The molecule has 2 heterocycles. The average molecular weight is 422 g/mol. The molecular formula is C23H27N5OS. The lowest BCUT2D eigenvalue weighted by molar-refractivity contribution is -0.118. The largest absolute Gasteiger partial charge is 0.354 e. The summed E-state index contributed by atoms with van der Waals surface area (Å²) in [6, 6.07) is 20.0. The van der Waals surface area contributed by atoms with Crippen LogP contribution in [-0.2, 0) is 4.79 Å². The van der Waals surface area contributed by atoms with Crippen LogP contribution in [0.3, 0.4) is 0 Å². The van der Waals surface area contributed by atoms with E-state index in [0.29, 0.717) is 17.5 Å². The summed E-state index contributed by atoms with van der Waals surface area (Å²) in [6.07, 6.45) is 3.86. The smallest absolute Gasteiger partial charge is 0.230 e. The Labute approximate surface area is 181 Å². The molecule has 0 atom stereocenters. The van der Waals surface area contributed by atoms with Crippen molar-refractivity contribution >= 4 is 17.7 Å². The Balaban J connectivity index is 1.41. The zero-order valence-corrected chi connectivity index (χ0v) is 17.9. The van der Waals surface area contributed by atoms with Crippen LogP contribution >= 0.6 is 11.8 Å². The number of aromatic nitrogens is 3. The summed E-state index contributed by atoms with van der Waals surface area (Å²) >= 11 is 1.42. The monoisotopic (exact) mass is 421 g/mol. The van der Waals surface area contributed by atoms with Gasteiger partial charge in [0.25, 0.3) is 0 Å². The summed E-state index contributed by atoms with van der Waals surface area (Å²) in [4.78, 5) is 14.8. The maximum absolute atomic E-state index is 12.4. The second kappa shape index (κ2) is 10.4. The van der Waals surface area contributed by atoms with Crippen LogP contribution in [0.5, 0.6) is 0 Å². The minimum absolute atomic E-state index is 0.0286. The summed E-state index contributed by atoms with van der Waals surface area (Å²) in [7, 11) is 0. The second-order valence-electron chi connectivity index (χ2n) is 7.38. The van der Waals surface area contributed by atoms with Crippen molar-refractivity contribution in [2.75, 3.05) is 31.9 Å². The summed E-state index contributed by atoms with van der Waals surface area (Å²) in [5, 5.41) is 12.6. The molecule has 0 spiro atoms. The van der Waals surface area contributed by atoms with Crippen molar-refractivity contribution in [3.05, 3.63) is 60.7 Å². The highest BCUT2D eigenvalue weighted by atomic mass is 32.2. The number of benzene rings is 2. The van der Waals surface area contributed by atoms with Crippen LogP contribution in [0.25, 0.3) is 17.1 Å². The number of nitrogens with one attached hydrogen (secondary N) is 1. The summed E-state index contributed by atoms with van der Waals surface area (Å²) < 4.78 is 2.01. The predicted molar refractivity (Wildman–Crippen MR) is 121 cm³/mol. The first-order valence-corrected chi connectivity index (χ1v) is 11.5. The van der Waals surface area contributed by atoms with Crippen LogP contribution in [-0.4, -0.2) is 57.5 Å². The van der Waals surface area contributed by atoms with Crippen molar-refractivity contribution in [3.8, 4) is 17.1 Å². The van der Waals surface area contributed by atoms with Crippen molar-refractivity contribution in [1.29, 1.82) is 0 Å². The molecule has 2 aromatic carbocycles. The van der Waals surface area contributed by atoms with Crippen LogP contribution in [0.15, 0.2) is 65.8 Å². The first-order valence-electron chi connectivity index (χ1n) is 10.5. The average Bonchev–Trinajstić information content (AvgIpc) is 3.23. The minimum Gasteiger partial charge on any atom is -0.354 e. The van der Waals surface area contributed by atoms with Crippen LogP contribution in [0.1, 0.15) is 19.3 Å². The van der Waals surface area contributed by atoms with Crippen LogP contribution in [0, 0.1) is 0 Å². The lowest BCUT2D eigenvalue weighted by Gasteiger charge is -2.26. The van der Waals surface area contributed by atoms with E-state index >= 15 is 0 Å². The maximum Gasteiger partial charge on any atom is 0.230 e. The van der Waals surface area contributed by atoms with Gasteiger partial charge in [-0.2, -0.15) is 0 Å². The fraction of sp³-hybridized carbons (Fsp3) is 0.348. The molecule has 0 unspecified atom stereocenters. The number of rotatable bonds is 8. The van der Waals surface area contributed by atoms with Crippen molar-refractivity contribution in [2.45, 2.75) is 24.4 Å². The third kappa shape index (κ3) is 5.29. The summed E-state index contributed by atoms with van der Waals surface area (Å²) in [6.45, 7) is 3.91. The zero-order chi connectivity index (χ0) is 20.6. The molecule has 0 aliphatic carbocycles. The third-order valence-electron chi connectivity index (χ3n) is 5.21. The number of piperidine rings is 1. The van der Waals surface area contributed by atoms with Gasteiger partial charge < -0.3 is 10.2 Å². The van der Waals surface area contributed by atoms with E-state index in [-0.39, 0.29) is 5.91 Å². The lowest BCUT2D eigenvalue weighted by Crippen LogP contribution is -2.38. The molecular weight excluding hydrogens is 394 g/mol. The lowest BCUT2D eigenvalue weighted by atomic mass is 10.1. The summed E-state index contributed by atoms with van der Waals surface area (Å²) in [5.41, 5.74) is 1.97. The number of amides is 1. The fourth-order valence-electron chi connectivity index (χ4n) is 3.67. The SMILES string of the molecule is O=C(CSc1nnc(-c2ccccc2)n1-c1ccccc1)NCCN1CCCCC1. The molecule has 6 nitrogen and oxygen atoms in total. The van der Waals surface area contributed by atoms with E-state index in [1.165, 1.54) is 31.0 Å². The van der Waals surface area contributed by atoms with Gasteiger partial charge >= 0.3 is 0 Å². The predicted octanol–water partition coefficient (Wildman–Crippen LogP) is 3.63. The van der Waals surface area contributed by atoms with Crippen LogP contribution in [0.4, 0.5) is 0 Å². The van der Waals surface area contributed by atoms with Gasteiger partial charge in [0.1, 0.15) is 0 Å². The second-order valence-corrected chi connectivity index (χ2v) is 8.33. The number of para-hydroxylation sites is 1. The van der Waals surface area contributed by atoms with E-state index < -0.39 is 0 Å². The van der Waals surface area contributed by atoms with E-state index in [9.17, 15) is 4.79 Å². The number of thioether (sulfide) groups is 1. The normalized spacial score (nSPS) is 14.5. The van der Waals surface area contributed by atoms with Crippen molar-refractivity contribution in [1.82, 2.24) is 25.0 Å². The van der Waals surface area contributed by atoms with Gasteiger partial charge in [0, 0.05) is 24.3 Å². The Bertz CT molecular complexity index is 939. The van der Waals surface area contributed by atoms with Gasteiger partial charge in [-0.1, -0.05) is 66.7 Å². The van der Waals surface area contributed by atoms with Gasteiger partial charge in [-0.25, -0.2) is 0 Å². The molecule has 1 aliphatic rings. The number of carbonyl (C=O) groups excluding carboxylic acids is 1. The Morgan fingerprint density at radius 2 is 1.63 bits per heavy atom. The van der Waals surface area contributed by atoms with E-state index in [2.05, 4.69) is 20.4 Å². The minimum atomic E-state index is 0.0286. The number of nitrogens with zero attached hydrogens (tertiary/aromatic N) is 4. The fourth-order valence-corrected chi connectivity index (χ4v) is 4.45. The molecule has 1 saturated heterocycles. The Morgan fingerprint density at radius 3 is 2.37 bits per heavy atom. The van der Waals surface area contributed by atoms with Gasteiger partial charge in [-0.05, 0) is 38.1 Å². The maximum atomic E-state index is 12.4. The Kier molecular flexibility index (Phi) is 7.16. The first kappa shape index (κ1) is 20.6. The molecule has 0 bridgehead atoms. The highest BCUT2D eigenvalue weighted by molar-refractivity contribution is 7.99. The van der Waals surface area contributed by atoms with E-state index in [4.69, 9.17) is 0 Å². The molecule has 4 rings (SSSR count). The Hall–Kier alpha value is -2.64. The molecule has 0 saturated carbocycles. The Morgan fingerprint density at radius 1 is 0.933 bits per heavy atom. The highest BCUT2D eigenvalue weighted by Crippen LogP contribution is 2.27. The molecule has 7 heteroatoms. The van der Waals surface area contributed by atoms with E-state index in [0.717, 1.165) is 36.7 Å². The number of carbonyl (C=O) groups is 1. The molecule has 1 aliphatic heterocycles. The van der Waals surface area contributed by atoms with Crippen molar-refractivity contribution < 1.29 is 4.79 Å². The topological polar surface area (TPSA) is 63.1 Å². The molecule has 0 radical (unpaired) electrons. The van der Waals surface area contributed by atoms with Crippen molar-refractivity contribution in [2.24, 2.45) is 0 Å². The number of likely N-dealkylation sites (tertiary alicyclic amines) is 1. The highest BCUT2D eigenvalue weighted by Gasteiger charge is 2.17. The first-order chi connectivity index (χ1) is 14.8. The molecule has 30 heavy (non-hydrogen) atoms.